The summed E-state index contributed by atoms with van der Waals surface area (Å²) in [5.74, 6) is 1.23. The lowest BCUT2D eigenvalue weighted by atomic mass is 10.1. The van der Waals surface area contributed by atoms with Crippen LogP contribution in [0.15, 0.2) is 48.5 Å². The predicted molar refractivity (Wildman–Crippen MR) is 136 cm³/mol. The minimum atomic E-state index is -0.873. The van der Waals surface area contributed by atoms with Crippen LogP contribution in [0.3, 0.4) is 0 Å². The lowest BCUT2D eigenvalue weighted by Gasteiger charge is -2.32. The average Bonchev–Trinajstić information content (AvgIpc) is 3.22. The zero-order valence-electron chi connectivity index (χ0n) is 19.8. The number of benzene rings is 2. The van der Waals surface area contributed by atoms with Gasteiger partial charge in [0.25, 0.3) is 0 Å². The second-order valence-corrected chi connectivity index (χ2v) is 9.46. The van der Waals surface area contributed by atoms with E-state index in [9.17, 15) is 9.50 Å². The third kappa shape index (κ3) is 5.18. The molecule has 2 aromatic carbocycles. The maximum absolute atomic E-state index is 13.9. The molecule has 7 nitrogen and oxygen atoms in total. The van der Waals surface area contributed by atoms with Gasteiger partial charge in [-0.25, -0.2) is 4.39 Å². The van der Waals surface area contributed by atoms with Crippen LogP contribution in [0.5, 0.6) is 0 Å². The van der Waals surface area contributed by atoms with E-state index in [1.54, 1.807) is 17.0 Å². The van der Waals surface area contributed by atoms with E-state index in [2.05, 4.69) is 29.4 Å². The van der Waals surface area contributed by atoms with Crippen LogP contribution in [0.4, 0.5) is 33.3 Å². The highest BCUT2D eigenvalue weighted by Crippen LogP contribution is 2.39. The summed E-state index contributed by atoms with van der Waals surface area (Å²) in [5.41, 5.74) is 2.28. The maximum Gasteiger partial charge on any atom is 0.231 e. The Morgan fingerprint density at radius 1 is 1.15 bits per heavy atom. The topological polar surface area (TPSA) is 76.5 Å². The summed E-state index contributed by atoms with van der Waals surface area (Å²) in [5, 5.41) is 18.4. The molecule has 0 saturated carbocycles. The molecule has 180 valence electrons. The molecule has 0 aliphatic carbocycles. The molecule has 1 atom stereocenters. The fourth-order valence-corrected chi connectivity index (χ4v) is 4.06. The van der Waals surface area contributed by atoms with Gasteiger partial charge in [-0.2, -0.15) is 9.97 Å². The van der Waals surface area contributed by atoms with Crippen LogP contribution in [-0.4, -0.2) is 34.0 Å². The third-order valence-electron chi connectivity index (χ3n) is 5.70. The number of halogens is 2. The van der Waals surface area contributed by atoms with Gasteiger partial charge in [0.2, 0.25) is 5.95 Å². The van der Waals surface area contributed by atoms with E-state index in [0.29, 0.717) is 29.0 Å². The summed E-state index contributed by atoms with van der Waals surface area (Å²) >= 11 is 6.19. The number of anilines is 5. The molecule has 1 aliphatic rings. The van der Waals surface area contributed by atoms with Crippen molar-refractivity contribution in [3.05, 3.63) is 64.9 Å². The first-order valence-electron chi connectivity index (χ1n) is 11.4. The average molecular weight is 485 g/mol. The van der Waals surface area contributed by atoms with Gasteiger partial charge in [0, 0.05) is 23.3 Å². The van der Waals surface area contributed by atoms with E-state index in [4.69, 9.17) is 21.6 Å². The van der Waals surface area contributed by atoms with E-state index in [0.717, 1.165) is 17.2 Å². The predicted octanol–water partition coefficient (Wildman–Crippen LogP) is 5.59. The Morgan fingerprint density at radius 3 is 2.59 bits per heavy atom. The highest BCUT2D eigenvalue weighted by Gasteiger charge is 2.30. The molecular formula is C25H30ClFN6O. The van der Waals surface area contributed by atoms with Gasteiger partial charge >= 0.3 is 0 Å². The molecule has 0 fully saturated rings. The standard InChI is InChI=1S/C25H30ClFN6O/c1-15(2)24(34)32(13-17-7-5-9-19(27)11-17)25-30-22(29-20-10-6-8-18(26)12-20)21-23(31-25)33(14-28-21)16(3)4/h5-12,15-16,24,28,34H,13-14H2,1-4H3,(H,29,30,31)/t24-/m0/s1. The molecular weight excluding hydrogens is 455 g/mol. The molecule has 9 heteroatoms. The SMILES string of the molecule is CC(C)[C@H](O)N(Cc1cccc(F)c1)c1nc(Nc2cccc(Cl)c2)c2c(n1)N(C(C)C)CN2. The molecule has 34 heavy (non-hydrogen) atoms. The van der Waals surface area contributed by atoms with Crippen LogP contribution >= 0.6 is 11.6 Å². The van der Waals surface area contributed by atoms with Crippen LogP contribution in [0.2, 0.25) is 5.02 Å². The molecule has 0 radical (unpaired) electrons. The smallest absolute Gasteiger partial charge is 0.231 e. The quantitative estimate of drug-likeness (QED) is 0.360. The Hall–Kier alpha value is -3.10. The zero-order chi connectivity index (χ0) is 24.4. The molecule has 2 heterocycles. The van der Waals surface area contributed by atoms with Crippen molar-refractivity contribution < 1.29 is 9.50 Å². The Bertz CT molecular complexity index is 1160. The van der Waals surface area contributed by atoms with Gasteiger partial charge in [0.15, 0.2) is 11.6 Å². The molecule has 3 N–H and O–H groups in total. The Kier molecular flexibility index (Phi) is 7.09. The van der Waals surface area contributed by atoms with E-state index in [-0.39, 0.29) is 24.3 Å². The van der Waals surface area contributed by atoms with Gasteiger partial charge in [0.05, 0.1) is 6.67 Å². The zero-order valence-corrected chi connectivity index (χ0v) is 20.5. The number of rotatable bonds is 8. The van der Waals surface area contributed by atoms with Crippen LogP contribution < -0.4 is 20.4 Å². The molecule has 4 rings (SSSR count). The first kappa shape index (κ1) is 24.0. The number of hydrogen-bond acceptors (Lipinski definition) is 7. The summed E-state index contributed by atoms with van der Waals surface area (Å²) in [4.78, 5) is 13.5. The van der Waals surface area contributed by atoms with Crippen LogP contribution in [0.1, 0.15) is 33.3 Å². The van der Waals surface area contributed by atoms with Crippen molar-refractivity contribution in [2.24, 2.45) is 5.92 Å². The number of fused-ring (bicyclic) bond motifs is 1. The van der Waals surface area contributed by atoms with E-state index >= 15 is 0 Å². The van der Waals surface area contributed by atoms with Gasteiger partial charge in [-0.1, -0.05) is 43.6 Å². The van der Waals surface area contributed by atoms with Gasteiger partial charge in [0.1, 0.15) is 17.7 Å². The maximum atomic E-state index is 13.9. The van der Waals surface area contributed by atoms with Crippen molar-refractivity contribution in [1.82, 2.24) is 9.97 Å². The number of nitrogens with zero attached hydrogens (tertiary/aromatic N) is 4. The summed E-state index contributed by atoms with van der Waals surface area (Å²) in [6.45, 7) is 8.87. The molecule has 0 unspecified atom stereocenters. The molecule has 0 saturated heterocycles. The Labute approximate surface area is 204 Å². The number of hydrogen-bond donors (Lipinski definition) is 3. The highest BCUT2D eigenvalue weighted by molar-refractivity contribution is 6.30. The summed E-state index contributed by atoms with van der Waals surface area (Å²) in [6, 6.07) is 13.9. The molecule has 1 aliphatic heterocycles. The Morgan fingerprint density at radius 2 is 1.91 bits per heavy atom. The minimum absolute atomic E-state index is 0.103. The minimum Gasteiger partial charge on any atom is -0.373 e. The molecule has 0 bridgehead atoms. The van der Waals surface area contributed by atoms with Crippen molar-refractivity contribution >= 4 is 40.6 Å². The van der Waals surface area contributed by atoms with Gasteiger partial charge in [-0.3, -0.25) is 0 Å². The van der Waals surface area contributed by atoms with E-state index < -0.39 is 6.23 Å². The summed E-state index contributed by atoms with van der Waals surface area (Å²) in [7, 11) is 0. The largest absolute Gasteiger partial charge is 0.373 e. The van der Waals surface area contributed by atoms with Crippen LogP contribution in [0.25, 0.3) is 0 Å². The fraction of sp³-hybridized carbons (Fsp3) is 0.360. The first-order chi connectivity index (χ1) is 16.2. The van der Waals surface area contributed by atoms with Gasteiger partial charge in [-0.15, -0.1) is 0 Å². The highest BCUT2D eigenvalue weighted by atomic mass is 35.5. The van der Waals surface area contributed by atoms with E-state index in [1.165, 1.54) is 12.1 Å². The lowest BCUT2D eigenvalue weighted by molar-refractivity contribution is 0.117. The normalized spacial score (nSPS) is 13.7. The van der Waals surface area contributed by atoms with Gasteiger partial charge < -0.3 is 25.5 Å². The Balaban J connectivity index is 1.81. The molecule has 0 spiro atoms. The fourth-order valence-electron chi connectivity index (χ4n) is 3.87. The summed E-state index contributed by atoms with van der Waals surface area (Å²) in [6.07, 6.45) is -0.873. The molecule has 1 aromatic heterocycles. The number of nitrogens with one attached hydrogen (secondary N) is 2. The van der Waals surface area contributed by atoms with Crippen LogP contribution in [-0.2, 0) is 6.54 Å². The molecule has 0 amide bonds. The van der Waals surface area contributed by atoms with Gasteiger partial charge in [-0.05, 0) is 55.7 Å². The van der Waals surface area contributed by atoms with Crippen LogP contribution in [0, 0.1) is 11.7 Å². The summed E-state index contributed by atoms with van der Waals surface area (Å²) < 4.78 is 13.9. The lowest BCUT2D eigenvalue weighted by Crippen LogP contribution is -2.40. The van der Waals surface area contributed by atoms with Crippen molar-refractivity contribution in [2.75, 3.05) is 27.1 Å². The second kappa shape index (κ2) is 10.0. The van der Waals surface area contributed by atoms with Crippen molar-refractivity contribution in [1.29, 1.82) is 0 Å². The monoisotopic (exact) mass is 484 g/mol. The number of aliphatic hydroxyl groups excluding tert-OH is 1. The first-order valence-corrected chi connectivity index (χ1v) is 11.7. The van der Waals surface area contributed by atoms with Crippen molar-refractivity contribution in [3.63, 3.8) is 0 Å². The number of aromatic nitrogens is 2. The van der Waals surface area contributed by atoms with E-state index in [1.807, 2.05) is 38.1 Å². The van der Waals surface area contributed by atoms with Crippen molar-refractivity contribution in [2.45, 2.75) is 46.5 Å². The second-order valence-electron chi connectivity index (χ2n) is 9.02. The third-order valence-corrected chi connectivity index (χ3v) is 5.94. The molecule has 3 aromatic rings. The number of aliphatic hydroxyl groups is 1. The van der Waals surface area contributed by atoms with Crippen molar-refractivity contribution in [3.8, 4) is 0 Å².